The van der Waals surface area contributed by atoms with Gasteiger partial charge in [-0.15, -0.1) is 0 Å². The summed E-state index contributed by atoms with van der Waals surface area (Å²) in [6, 6.07) is 15.0. The molecule has 0 aromatic heterocycles. The molecule has 0 spiro atoms. The van der Waals surface area contributed by atoms with Gasteiger partial charge in [0.2, 0.25) is 0 Å². The second kappa shape index (κ2) is 4.53. The number of nitrogens with one attached hydrogen (secondary N) is 1. The molecular formula is C15H13NO2. The minimum absolute atomic E-state index is 0.112. The maximum atomic E-state index is 12.0. The second-order valence-electron chi connectivity index (χ2n) is 4.21. The van der Waals surface area contributed by atoms with Gasteiger partial charge in [-0.05, 0) is 23.8 Å². The molecule has 3 rings (SSSR count). The summed E-state index contributed by atoms with van der Waals surface area (Å²) < 4.78 is 5.55. The zero-order valence-corrected chi connectivity index (χ0v) is 9.85. The Hall–Kier alpha value is -2.29. The predicted molar refractivity (Wildman–Crippen MR) is 70.0 cm³/mol. The number of carbonyl (C=O) groups excluding carboxylic acids is 1. The number of anilines is 1. The van der Waals surface area contributed by atoms with E-state index in [1.54, 1.807) is 12.1 Å². The fourth-order valence-corrected chi connectivity index (χ4v) is 2.10. The van der Waals surface area contributed by atoms with Gasteiger partial charge in [-0.1, -0.05) is 30.3 Å². The van der Waals surface area contributed by atoms with Gasteiger partial charge in [-0.25, -0.2) is 0 Å². The largest absolute Gasteiger partial charge is 0.491 e. The SMILES string of the molecule is O=C(Nc1cccc2c1OCC2)c1ccccc1. The van der Waals surface area contributed by atoms with E-state index in [2.05, 4.69) is 5.32 Å². The summed E-state index contributed by atoms with van der Waals surface area (Å²) in [6.45, 7) is 0.688. The average Bonchev–Trinajstić information content (AvgIpc) is 2.89. The summed E-state index contributed by atoms with van der Waals surface area (Å²) in [5.41, 5.74) is 2.55. The number of hydrogen-bond donors (Lipinski definition) is 1. The van der Waals surface area contributed by atoms with Crippen LogP contribution in [-0.2, 0) is 6.42 Å². The first kappa shape index (κ1) is 10.8. The molecule has 3 heteroatoms. The van der Waals surface area contributed by atoms with Crippen molar-refractivity contribution in [1.29, 1.82) is 0 Å². The van der Waals surface area contributed by atoms with Crippen LogP contribution in [-0.4, -0.2) is 12.5 Å². The molecule has 0 radical (unpaired) electrons. The lowest BCUT2D eigenvalue weighted by Gasteiger charge is -2.09. The summed E-state index contributed by atoms with van der Waals surface area (Å²) in [7, 11) is 0. The summed E-state index contributed by atoms with van der Waals surface area (Å²) in [6.07, 6.45) is 0.907. The molecule has 1 aliphatic heterocycles. The summed E-state index contributed by atoms with van der Waals surface area (Å²) in [5, 5.41) is 2.89. The zero-order valence-electron chi connectivity index (χ0n) is 9.85. The van der Waals surface area contributed by atoms with Crippen LogP contribution >= 0.6 is 0 Å². The molecular weight excluding hydrogens is 226 g/mol. The molecule has 0 atom stereocenters. The van der Waals surface area contributed by atoms with Crippen molar-refractivity contribution >= 4 is 11.6 Å². The van der Waals surface area contributed by atoms with Crippen molar-refractivity contribution in [3.05, 3.63) is 59.7 Å². The molecule has 0 fully saturated rings. The van der Waals surface area contributed by atoms with Crippen LogP contribution < -0.4 is 10.1 Å². The molecule has 0 unspecified atom stereocenters. The van der Waals surface area contributed by atoms with E-state index in [0.29, 0.717) is 12.2 Å². The fourth-order valence-electron chi connectivity index (χ4n) is 2.10. The third kappa shape index (κ3) is 1.95. The molecule has 0 saturated heterocycles. The van der Waals surface area contributed by atoms with Crippen LogP contribution in [0, 0.1) is 0 Å². The van der Waals surface area contributed by atoms with Crippen LogP contribution in [0.4, 0.5) is 5.69 Å². The van der Waals surface area contributed by atoms with Crippen LogP contribution in [0.5, 0.6) is 5.75 Å². The first-order chi connectivity index (χ1) is 8.84. The quantitative estimate of drug-likeness (QED) is 0.875. The molecule has 0 aliphatic carbocycles. The number of benzene rings is 2. The van der Waals surface area contributed by atoms with E-state index in [-0.39, 0.29) is 5.91 Å². The fraction of sp³-hybridized carbons (Fsp3) is 0.133. The Bertz CT molecular complexity index is 578. The highest BCUT2D eigenvalue weighted by atomic mass is 16.5. The molecule has 0 bridgehead atoms. The molecule has 18 heavy (non-hydrogen) atoms. The highest BCUT2D eigenvalue weighted by Crippen LogP contribution is 2.33. The molecule has 1 heterocycles. The first-order valence-electron chi connectivity index (χ1n) is 5.96. The maximum absolute atomic E-state index is 12.0. The number of carbonyl (C=O) groups is 1. The van der Waals surface area contributed by atoms with Gasteiger partial charge < -0.3 is 10.1 Å². The number of amides is 1. The third-order valence-electron chi connectivity index (χ3n) is 3.00. The van der Waals surface area contributed by atoms with Crippen LogP contribution in [0.1, 0.15) is 15.9 Å². The van der Waals surface area contributed by atoms with Crippen molar-refractivity contribution in [2.75, 3.05) is 11.9 Å². The van der Waals surface area contributed by atoms with E-state index < -0.39 is 0 Å². The standard InChI is InChI=1S/C15H13NO2/c17-15(12-5-2-1-3-6-12)16-13-8-4-7-11-9-10-18-14(11)13/h1-8H,9-10H2,(H,16,17). The van der Waals surface area contributed by atoms with E-state index in [1.165, 1.54) is 0 Å². The molecule has 1 aliphatic rings. The predicted octanol–water partition coefficient (Wildman–Crippen LogP) is 2.87. The van der Waals surface area contributed by atoms with E-state index in [0.717, 1.165) is 23.4 Å². The van der Waals surface area contributed by atoms with E-state index in [9.17, 15) is 4.79 Å². The normalized spacial score (nSPS) is 12.7. The monoisotopic (exact) mass is 239 g/mol. The van der Waals surface area contributed by atoms with Gasteiger partial charge in [0.25, 0.3) is 5.91 Å². The van der Waals surface area contributed by atoms with Gasteiger partial charge in [0.1, 0.15) is 5.75 Å². The molecule has 2 aromatic rings. The van der Waals surface area contributed by atoms with Crippen molar-refractivity contribution in [2.45, 2.75) is 6.42 Å². The maximum Gasteiger partial charge on any atom is 0.255 e. The van der Waals surface area contributed by atoms with E-state index in [1.807, 2.05) is 36.4 Å². The number of hydrogen-bond acceptors (Lipinski definition) is 2. The van der Waals surface area contributed by atoms with Gasteiger partial charge in [0, 0.05) is 12.0 Å². The minimum atomic E-state index is -0.112. The van der Waals surface area contributed by atoms with E-state index >= 15 is 0 Å². The minimum Gasteiger partial charge on any atom is -0.491 e. The lowest BCUT2D eigenvalue weighted by molar-refractivity contribution is 0.102. The zero-order chi connectivity index (χ0) is 12.4. The topological polar surface area (TPSA) is 38.3 Å². The highest BCUT2D eigenvalue weighted by molar-refractivity contribution is 6.05. The second-order valence-corrected chi connectivity index (χ2v) is 4.21. The van der Waals surface area contributed by atoms with Gasteiger partial charge in [0.15, 0.2) is 0 Å². The summed E-state index contributed by atoms with van der Waals surface area (Å²) in [4.78, 5) is 12.0. The Balaban J connectivity index is 1.86. The van der Waals surface area contributed by atoms with Crippen molar-refractivity contribution in [1.82, 2.24) is 0 Å². The Morgan fingerprint density at radius 3 is 2.72 bits per heavy atom. The van der Waals surface area contributed by atoms with Gasteiger partial charge in [0.05, 0.1) is 12.3 Å². The van der Waals surface area contributed by atoms with Gasteiger partial charge in [-0.2, -0.15) is 0 Å². The Kier molecular flexibility index (Phi) is 2.73. The smallest absolute Gasteiger partial charge is 0.255 e. The molecule has 1 N–H and O–H groups in total. The van der Waals surface area contributed by atoms with Gasteiger partial charge >= 0.3 is 0 Å². The third-order valence-corrected chi connectivity index (χ3v) is 3.00. The average molecular weight is 239 g/mol. The molecule has 2 aromatic carbocycles. The van der Waals surface area contributed by atoms with Crippen LogP contribution in [0.25, 0.3) is 0 Å². The Morgan fingerprint density at radius 1 is 1.06 bits per heavy atom. The Morgan fingerprint density at radius 2 is 1.89 bits per heavy atom. The van der Waals surface area contributed by atoms with Crippen LogP contribution in [0.2, 0.25) is 0 Å². The molecule has 1 amide bonds. The van der Waals surface area contributed by atoms with Gasteiger partial charge in [-0.3, -0.25) is 4.79 Å². The lowest BCUT2D eigenvalue weighted by atomic mass is 10.1. The van der Waals surface area contributed by atoms with Crippen molar-refractivity contribution in [3.63, 3.8) is 0 Å². The van der Waals surface area contributed by atoms with Crippen LogP contribution in [0.15, 0.2) is 48.5 Å². The highest BCUT2D eigenvalue weighted by Gasteiger charge is 2.17. The summed E-state index contributed by atoms with van der Waals surface area (Å²) >= 11 is 0. The number of rotatable bonds is 2. The summed E-state index contributed by atoms with van der Waals surface area (Å²) in [5.74, 6) is 0.696. The Labute approximate surface area is 105 Å². The lowest BCUT2D eigenvalue weighted by Crippen LogP contribution is -2.12. The number of para-hydroxylation sites is 1. The van der Waals surface area contributed by atoms with Crippen molar-refractivity contribution < 1.29 is 9.53 Å². The molecule has 0 saturated carbocycles. The first-order valence-corrected chi connectivity index (χ1v) is 5.96. The number of ether oxygens (including phenoxy) is 1. The van der Waals surface area contributed by atoms with Crippen molar-refractivity contribution in [2.24, 2.45) is 0 Å². The van der Waals surface area contributed by atoms with E-state index in [4.69, 9.17) is 4.74 Å². The van der Waals surface area contributed by atoms with Crippen LogP contribution in [0.3, 0.4) is 0 Å². The molecule has 90 valence electrons. The molecule has 3 nitrogen and oxygen atoms in total. The van der Waals surface area contributed by atoms with Crippen molar-refractivity contribution in [3.8, 4) is 5.75 Å². The number of fused-ring (bicyclic) bond motifs is 1.